The lowest BCUT2D eigenvalue weighted by molar-refractivity contribution is 0.458. The van der Waals surface area contributed by atoms with Gasteiger partial charge in [0, 0.05) is 81.4 Å². The summed E-state index contributed by atoms with van der Waals surface area (Å²) in [6, 6.07) is 57.5. The molecular formula is C73H62B3N3O3S2. The minimum Gasteiger partial charge on any atom is -0.458 e. The van der Waals surface area contributed by atoms with Gasteiger partial charge in [0.05, 0.1) is 11.4 Å². The minimum absolute atomic E-state index is 0.0546. The fourth-order valence-electron chi connectivity index (χ4n) is 14.9. The Kier molecular flexibility index (Phi) is 10.2. The van der Waals surface area contributed by atoms with Crippen LogP contribution in [0.25, 0.3) is 20.2 Å². The van der Waals surface area contributed by atoms with Gasteiger partial charge in [-0.25, -0.2) is 0 Å². The Hall–Kier alpha value is -8.11. The van der Waals surface area contributed by atoms with Gasteiger partial charge in [-0.2, -0.15) is 0 Å². The van der Waals surface area contributed by atoms with Crippen LogP contribution in [0, 0.1) is 20.8 Å². The molecule has 17 rings (SSSR count). The van der Waals surface area contributed by atoms with Gasteiger partial charge in [0.1, 0.15) is 34.5 Å². The van der Waals surface area contributed by atoms with E-state index in [1.165, 1.54) is 91.1 Å². The van der Waals surface area contributed by atoms with Crippen molar-refractivity contribution >= 4 is 156 Å². The van der Waals surface area contributed by atoms with Crippen molar-refractivity contribution < 1.29 is 14.2 Å². The van der Waals surface area contributed by atoms with Crippen molar-refractivity contribution in [2.45, 2.75) is 99.3 Å². The first-order valence-electron chi connectivity index (χ1n) is 29.7. The number of aryl methyl sites for hydroxylation is 3. The number of anilines is 8. The minimum atomic E-state index is -0.218. The highest BCUT2D eigenvalue weighted by atomic mass is 32.1. The molecule has 0 fully saturated rings. The molecule has 9 aromatic carbocycles. The van der Waals surface area contributed by atoms with Crippen LogP contribution in [0.15, 0.2) is 152 Å². The Morgan fingerprint density at radius 3 is 1.61 bits per heavy atom. The lowest BCUT2D eigenvalue weighted by Gasteiger charge is -2.43. The molecule has 6 aliphatic heterocycles. The van der Waals surface area contributed by atoms with Crippen molar-refractivity contribution in [3.8, 4) is 34.5 Å². The van der Waals surface area contributed by atoms with Crippen LogP contribution in [0.4, 0.5) is 45.5 Å². The summed E-state index contributed by atoms with van der Waals surface area (Å²) < 4.78 is 27.4. The second-order valence-electron chi connectivity index (χ2n) is 27.5. The van der Waals surface area contributed by atoms with Crippen LogP contribution >= 0.6 is 22.7 Å². The van der Waals surface area contributed by atoms with Gasteiger partial charge in [-0.15, -0.1) is 22.7 Å². The van der Waals surface area contributed by atoms with E-state index in [1.807, 2.05) is 22.7 Å². The third-order valence-electron chi connectivity index (χ3n) is 18.9. The van der Waals surface area contributed by atoms with Crippen LogP contribution in [0.1, 0.15) is 95.7 Å². The first kappa shape index (κ1) is 50.4. The molecule has 0 atom stereocenters. The molecule has 0 saturated carbocycles. The molecule has 8 heterocycles. The lowest BCUT2D eigenvalue weighted by atomic mass is 9.31. The highest BCUT2D eigenvalue weighted by Crippen LogP contribution is 2.51. The maximum Gasteiger partial charge on any atom is 0.268 e. The van der Waals surface area contributed by atoms with Gasteiger partial charge in [-0.1, -0.05) is 141 Å². The van der Waals surface area contributed by atoms with E-state index in [2.05, 4.69) is 250 Å². The molecule has 0 bridgehead atoms. The summed E-state index contributed by atoms with van der Waals surface area (Å²) in [6.07, 6.45) is 0. The number of nitrogens with one attached hydrogen (secondary N) is 1. The standard InChI is InChI=1S/C73H62B3N3O3S2/c1-38-26-39(2)66(40(3)27-38)79-53-37-57-50(35-48(53)76-64-55(79)30-42(72(7,8)9)31-58(64)82-68-46-23-17-19-25-62(46)84-70(68)76)74-49-34-47-51(36-56(49)80-59-32-43(73(10,11)12)33-60(81-57)65(59)74)77-52-28-41(71(4,5)6)29-54-63(52)75(47)69-67(45-22-16-18-24-61(45)83-69)78(54)44-20-14-13-15-21-44/h13-37,77H,1-12H3. The van der Waals surface area contributed by atoms with Gasteiger partial charge >= 0.3 is 0 Å². The largest absolute Gasteiger partial charge is 0.458 e. The number of nitrogens with zero attached hydrogens (tertiary/aromatic N) is 2. The molecule has 6 nitrogen and oxygen atoms in total. The summed E-state index contributed by atoms with van der Waals surface area (Å²) >= 11 is 3.80. The van der Waals surface area contributed by atoms with Crippen molar-refractivity contribution in [1.82, 2.24) is 0 Å². The Bertz CT molecular complexity index is 4750. The number of benzene rings is 9. The third kappa shape index (κ3) is 7.06. The quantitative estimate of drug-likeness (QED) is 0.174. The van der Waals surface area contributed by atoms with Crippen LogP contribution in [-0.4, -0.2) is 20.1 Å². The van der Waals surface area contributed by atoms with Crippen molar-refractivity contribution in [3.63, 3.8) is 0 Å². The monoisotopic (exact) mass is 1130 g/mol. The van der Waals surface area contributed by atoms with Crippen molar-refractivity contribution in [3.05, 3.63) is 185 Å². The second kappa shape index (κ2) is 17.0. The lowest BCUT2D eigenvalue weighted by Crippen LogP contribution is -2.64. The summed E-state index contributed by atoms with van der Waals surface area (Å²) in [5.74, 6) is 5.32. The van der Waals surface area contributed by atoms with Crippen LogP contribution in [0.3, 0.4) is 0 Å². The summed E-state index contributed by atoms with van der Waals surface area (Å²) in [5.41, 5.74) is 24.6. The highest BCUT2D eigenvalue weighted by molar-refractivity contribution is 7.34. The number of thiophene rings is 2. The summed E-state index contributed by atoms with van der Waals surface area (Å²) in [5, 5.41) is 6.54. The molecule has 6 aliphatic rings. The molecule has 2 aromatic heterocycles. The number of hydrogen-bond donors (Lipinski definition) is 1. The van der Waals surface area contributed by atoms with E-state index in [4.69, 9.17) is 14.2 Å². The second-order valence-corrected chi connectivity index (χ2v) is 29.7. The van der Waals surface area contributed by atoms with E-state index in [-0.39, 0.29) is 36.4 Å². The van der Waals surface area contributed by atoms with E-state index >= 15 is 0 Å². The smallest absolute Gasteiger partial charge is 0.268 e. The van der Waals surface area contributed by atoms with E-state index in [9.17, 15) is 0 Å². The van der Waals surface area contributed by atoms with Crippen LogP contribution in [-0.2, 0) is 16.2 Å². The first-order chi connectivity index (χ1) is 40.2. The molecule has 0 saturated heterocycles. The Morgan fingerprint density at radius 1 is 0.405 bits per heavy atom. The first-order valence-corrected chi connectivity index (χ1v) is 31.4. The number of rotatable bonds is 2. The van der Waals surface area contributed by atoms with Crippen LogP contribution < -0.4 is 77.1 Å². The van der Waals surface area contributed by atoms with Gasteiger partial charge in [0.2, 0.25) is 0 Å². The van der Waals surface area contributed by atoms with Gasteiger partial charge < -0.3 is 29.3 Å². The van der Waals surface area contributed by atoms with Crippen molar-refractivity contribution in [1.29, 1.82) is 0 Å². The van der Waals surface area contributed by atoms with Crippen molar-refractivity contribution in [2.75, 3.05) is 15.1 Å². The SMILES string of the molecule is Cc1cc(C)c(N2c3cc4c(cc3B3c5sc6ccccc6c5Oc5cc(C(C)(C)C)cc2c53)B2c3cc5c(cc3Oc3cc(C(C)(C)C)cc(c32)O4)Nc2cc(C(C)(C)C)cc3c2B5c2sc4ccccc4c2N3c2ccccc2)c(C)c1. The van der Waals surface area contributed by atoms with Crippen molar-refractivity contribution in [2.24, 2.45) is 0 Å². The van der Waals surface area contributed by atoms with Crippen LogP contribution in [0.2, 0.25) is 0 Å². The van der Waals surface area contributed by atoms with Crippen LogP contribution in [0.5, 0.6) is 34.5 Å². The number of ether oxygens (including phenoxy) is 3. The van der Waals surface area contributed by atoms with E-state index in [0.717, 1.165) is 90.3 Å². The molecule has 0 amide bonds. The molecule has 0 spiro atoms. The number of para-hydroxylation sites is 1. The molecule has 11 aromatic rings. The summed E-state index contributed by atoms with van der Waals surface area (Å²) in [7, 11) is 0. The predicted molar refractivity (Wildman–Crippen MR) is 360 cm³/mol. The predicted octanol–water partition coefficient (Wildman–Crippen LogP) is 14.4. The zero-order chi connectivity index (χ0) is 57.4. The molecular weight excluding hydrogens is 1060 g/mol. The maximum atomic E-state index is 7.55. The molecule has 0 aliphatic carbocycles. The molecule has 1 N–H and O–H groups in total. The fraction of sp³-hybridized carbons (Fsp3) is 0.205. The average molecular weight is 1130 g/mol. The normalized spacial score (nSPS) is 14.7. The van der Waals surface area contributed by atoms with E-state index in [0.29, 0.717) is 0 Å². The Balaban J connectivity index is 0.946. The molecule has 11 heteroatoms. The third-order valence-corrected chi connectivity index (χ3v) is 21.3. The Morgan fingerprint density at radius 2 is 0.940 bits per heavy atom. The molecule has 408 valence electrons. The maximum absolute atomic E-state index is 7.55. The fourth-order valence-corrected chi connectivity index (χ4v) is 17.5. The van der Waals surface area contributed by atoms with Gasteiger partial charge in [-0.3, -0.25) is 0 Å². The molecule has 84 heavy (non-hydrogen) atoms. The highest BCUT2D eigenvalue weighted by Gasteiger charge is 2.50. The summed E-state index contributed by atoms with van der Waals surface area (Å²) in [6.45, 7) is 27.1. The van der Waals surface area contributed by atoms with Gasteiger partial charge in [0.25, 0.3) is 20.1 Å². The van der Waals surface area contributed by atoms with Gasteiger partial charge in [0.15, 0.2) is 0 Å². The molecule has 0 radical (unpaired) electrons. The van der Waals surface area contributed by atoms with E-state index < -0.39 is 0 Å². The zero-order valence-corrected chi connectivity index (χ0v) is 51.2. The Labute approximate surface area is 501 Å². The zero-order valence-electron chi connectivity index (χ0n) is 49.6. The number of fused-ring (bicyclic) bond motifs is 16. The van der Waals surface area contributed by atoms with E-state index in [1.54, 1.807) is 0 Å². The topological polar surface area (TPSA) is 46.2 Å². The average Bonchev–Trinajstić information content (AvgIpc) is 1.11. The molecule has 0 unspecified atom stereocenters. The number of hydrogen-bond acceptors (Lipinski definition) is 8. The summed E-state index contributed by atoms with van der Waals surface area (Å²) in [4.78, 5) is 5.11. The van der Waals surface area contributed by atoms with Gasteiger partial charge in [-0.05, 0) is 164 Å².